The zero-order valence-electron chi connectivity index (χ0n) is 8.83. The third-order valence-corrected chi connectivity index (χ3v) is 3.90. The molecule has 0 bridgehead atoms. The number of amides is 1. The largest absolute Gasteiger partial charge is 0.449 e. The number of halogens is 1. The van der Waals surface area contributed by atoms with E-state index >= 15 is 0 Å². The Kier molecular flexibility index (Phi) is 5.54. The molecule has 8 heteroatoms. The zero-order valence-corrected chi connectivity index (χ0v) is 11.2. The quantitative estimate of drug-likeness (QED) is 0.734. The Morgan fingerprint density at radius 3 is 2.40 bits per heavy atom. The first-order chi connectivity index (χ1) is 6.72. The maximum atomic E-state index is 11.3. The summed E-state index contributed by atoms with van der Waals surface area (Å²) < 4.78 is 31.1. The molecule has 2 N–H and O–H groups in total. The average Bonchev–Trinajstić information content (AvgIpc) is 2.01. The molecule has 0 heterocycles. The summed E-state index contributed by atoms with van der Waals surface area (Å²) in [4.78, 5) is 10.9. The van der Waals surface area contributed by atoms with Crippen molar-refractivity contribution in [1.29, 1.82) is 0 Å². The highest BCUT2D eigenvalue weighted by Crippen LogP contribution is 2.07. The van der Waals surface area contributed by atoms with Crippen LogP contribution in [0.4, 0.5) is 4.79 Å². The Morgan fingerprint density at radius 1 is 1.47 bits per heavy atom. The van der Waals surface area contributed by atoms with Crippen molar-refractivity contribution in [2.24, 2.45) is 0 Å². The highest BCUT2D eigenvalue weighted by Gasteiger charge is 2.25. The molecule has 0 saturated heterocycles. The van der Waals surface area contributed by atoms with Crippen molar-refractivity contribution in [2.45, 2.75) is 26.3 Å². The molecule has 0 aromatic rings. The van der Waals surface area contributed by atoms with E-state index in [0.29, 0.717) is 5.33 Å². The minimum absolute atomic E-state index is 0.114. The van der Waals surface area contributed by atoms with E-state index in [1.165, 1.54) is 0 Å². The summed E-state index contributed by atoms with van der Waals surface area (Å²) in [6.45, 7) is 5.05. The number of hydrogen-bond acceptors (Lipinski definition) is 4. The number of hydrogen-bond donors (Lipinski definition) is 2. The van der Waals surface area contributed by atoms with E-state index < -0.39 is 21.8 Å². The van der Waals surface area contributed by atoms with Crippen LogP contribution >= 0.6 is 15.9 Å². The summed E-state index contributed by atoms with van der Waals surface area (Å²) in [7, 11) is -3.88. The van der Waals surface area contributed by atoms with Gasteiger partial charge in [0.1, 0.15) is 0 Å². The number of carbonyl (C=O) groups excluding carboxylic acids is 1. The molecule has 0 aliphatic rings. The minimum Gasteiger partial charge on any atom is -0.449 e. The van der Waals surface area contributed by atoms with E-state index in [-0.39, 0.29) is 6.61 Å². The highest BCUT2D eigenvalue weighted by atomic mass is 79.9. The first-order valence-corrected chi connectivity index (χ1v) is 6.87. The van der Waals surface area contributed by atoms with Crippen LogP contribution in [0.5, 0.6) is 0 Å². The molecule has 0 unspecified atom stereocenters. The van der Waals surface area contributed by atoms with Gasteiger partial charge >= 0.3 is 16.3 Å². The molecule has 1 amide bonds. The fraction of sp³-hybridized carbons (Fsp3) is 0.857. The van der Waals surface area contributed by atoms with E-state index in [1.807, 2.05) is 0 Å². The van der Waals surface area contributed by atoms with Gasteiger partial charge < -0.3 is 4.74 Å². The third kappa shape index (κ3) is 6.69. The van der Waals surface area contributed by atoms with Gasteiger partial charge in [0, 0.05) is 10.9 Å². The molecule has 0 atom stereocenters. The van der Waals surface area contributed by atoms with Gasteiger partial charge in [0.05, 0.1) is 6.61 Å². The normalized spacial score (nSPS) is 12.3. The van der Waals surface area contributed by atoms with Crippen molar-refractivity contribution >= 4 is 32.2 Å². The molecule has 0 fully saturated rings. The fourth-order valence-corrected chi connectivity index (χ4v) is 2.14. The molecular formula is C7H15BrN2O4S. The molecule has 0 aliphatic carbocycles. The number of rotatable bonds is 5. The molecule has 90 valence electrons. The van der Waals surface area contributed by atoms with Gasteiger partial charge in [-0.3, -0.25) is 0 Å². The van der Waals surface area contributed by atoms with Gasteiger partial charge in [-0.05, 0) is 20.8 Å². The molecular weight excluding hydrogens is 288 g/mol. The smallest absolute Gasteiger partial charge is 0.421 e. The monoisotopic (exact) mass is 302 g/mol. The van der Waals surface area contributed by atoms with Gasteiger partial charge in [-0.15, -0.1) is 0 Å². The molecule has 15 heavy (non-hydrogen) atoms. The summed E-state index contributed by atoms with van der Waals surface area (Å²) in [5.41, 5.74) is -0.682. The van der Waals surface area contributed by atoms with E-state index in [4.69, 9.17) is 0 Å². The van der Waals surface area contributed by atoms with Crippen molar-refractivity contribution in [3.8, 4) is 0 Å². The van der Waals surface area contributed by atoms with E-state index in [2.05, 4.69) is 25.4 Å². The summed E-state index contributed by atoms with van der Waals surface area (Å²) in [5.74, 6) is 0. The second kappa shape index (κ2) is 5.66. The average molecular weight is 303 g/mol. The maximum absolute atomic E-state index is 11.3. The molecule has 0 aromatic carbocycles. The van der Waals surface area contributed by atoms with Crippen LogP contribution < -0.4 is 9.44 Å². The first kappa shape index (κ1) is 14.7. The van der Waals surface area contributed by atoms with Gasteiger partial charge in [-0.25, -0.2) is 9.52 Å². The van der Waals surface area contributed by atoms with Gasteiger partial charge in [0.15, 0.2) is 0 Å². The van der Waals surface area contributed by atoms with Crippen LogP contribution in [0, 0.1) is 0 Å². The lowest BCUT2D eigenvalue weighted by molar-refractivity contribution is 0.158. The van der Waals surface area contributed by atoms with Crippen molar-refractivity contribution in [1.82, 2.24) is 9.44 Å². The van der Waals surface area contributed by atoms with Crippen LogP contribution in [-0.2, 0) is 14.9 Å². The van der Waals surface area contributed by atoms with Crippen LogP contribution in [-0.4, -0.2) is 32.0 Å². The second-order valence-electron chi connectivity index (χ2n) is 3.45. The van der Waals surface area contributed by atoms with Crippen molar-refractivity contribution in [2.75, 3.05) is 11.9 Å². The number of alkyl halides is 1. The Labute approximate surface area is 98.1 Å². The van der Waals surface area contributed by atoms with Crippen LogP contribution in [0.25, 0.3) is 0 Å². The van der Waals surface area contributed by atoms with Crippen molar-refractivity contribution in [3.63, 3.8) is 0 Å². The summed E-state index contributed by atoms with van der Waals surface area (Å²) in [5, 5.41) is 0.420. The predicted molar refractivity (Wildman–Crippen MR) is 60.1 cm³/mol. The molecule has 0 radical (unpaired) electrons. The first-order valence-electron chi connectivity index (χ1n) is 4.27. The Bertz CT molecular complexity index is 315. The standard InChI is InChI=1S/C7H15BrN2O4S/c1-4-14-6(11)9-15(12,13)10-7(2,3)5-8/h10H,4-5H2,1-3H3,(H,9,11). The lowest BCUT2D eigenvalue weighted by Crippen LogP contribution is -2.51. The van der Waals surface area contributed by atoms with Crippen LogP contribution in [0.1, 0.15) is 20.8 Å². The van der Waals surface area contributed by atoms with Crippen LogP contribution in [0.15, 0.2) is 0 Å². The fourth-order valence-electron chi connectivity index (χ4n) is 0.687. The van der Waals surface area contributed by atoms with E-state index in [9.17, 15) is 13.2 Å². The van der Waals surface area contributed by atoms with Gasteiger partial charge in [-0.2, -0.15) is 13.1 Å². The van der Waals surface area contributed by atoms with Crippen LogP contribution in [0.3, 0.4) is 0 Å². The molecule has 0 aromatic heterocycles. The van der Waals surface area contributed by atoms with Crippen molar-refractivity contribution < 1.29 is 17.9 Å². The Hall–Kier alpha value is -0.340. The van der Waals surface area contributed by atoms with Crippen LogP contribution in [0.2, 0.25) is 0 Å². The minimum atomic E-state index is -3.88. The van der Waals surface area contributed by atoms with E-state index in [0.717, 1.165) is 0 Å². The number of ether oxygens (including phenoxy) is 1. The zero-order chi connectivity index (χ0) is 12.1. The Balaban J connectivity index is 4.39. The lowest BCUT2D eigenvalue weighted by Gasteiger charge is -2.22. The molecule has 0 spiro atoms. The molecule has 0 rings (SSSR count). The predicted octanol–water partition coefficient (Wildman–Crippen LogP) is 0.740. The molecule has 0 saturated carbocycles. The summed E-state index contributed by atoms with van der Waals surface area (Å²) in [6.07, 6.45) is -0.990. The second-order valence-corrected chi connectivity index (χ2v) is 5.42. The highest BCUT2D eigenvalue weighted by molar-refractivity contribution is 9.09. The lowest BCUT2D eigenvalue weighted by atomic mass is 10.1. The third-order valence-electron chi connectivity index (χ3n) is 1.24. The number of carbonyl (C=O) groups is 1. The van der Waals surface area contributed by atoms with Gasteiger partial charge in [0.25, 0.3) is 0 Å². The topological polar surface area (TPSA) is 84.5 Å². The molecule has 6 nitrogen and oxygen atoms in total. The SMILES string of the molecule is CCOC(=O)NS(=O)(=O)NC(C)(C)CBr. The molecule has 0 aliphatic heterocycles. The maximum Gasteiger partial charge on any atom is 0.421 e. The summed E-state index contributed by atoms with van der Waals surface area (Å²) >= 11 is 3.15. The number of nitrogens with one attached hydrogen (secondary N) is 2. The van der Waals surface area contributed by atoms with Crippen molar-refractivity contribution in [3.05, 3.63) is 0 Å². The summed E-state index contributed by atoms with van der Waals surface area (Å²) in [6, 6.07) is 0. The van der Waals surface area contributed by atoms with Gasteiger partial charge in [-0.1, -0.05) is 15.9 Å². The van der Waals surface area contributed by atoms with Gasteiger partial charge in [0.2, 0.25) is 0 Å². The van der Waals surface area contributed by atoms with E-state index in [1.54, 1.807) is 25.5 Å². The Morgan fingerprint density at radius 2 is 2.00 bits per heavy atom.